The van der Waals surface area contributed by atoms with Gasteiger partial charge in [0.2, 0.25) is 76.8 Å². The molecule has 11 unspecified atom stereocenters. The van der Waals surface area contributed by atoms with Gasteiger partial charge in [-0.3, -0.25) is 77.3 Å². The molecule has 508 valence electrons. The fourth-order valence-corrected chi connectivity index (χ4v) is 10.0. The molecule has 2 aliphatic heterocycles. The Morgan fingerprint density at radius 3 is 1.76 bits per heavy atom. The van der Waals surface area contributed by atoms with Gasteiger partial charge in [0.25, 0.3) is 5.91 Å². The molecule has 2 saturated heterocycles. The lowest BCUT2D eigenvalue weighted by Crippen LogP contribution is -2.63. The van der Waals surface area contributed by atoms with E-state index >= 15 is 0 Å². The van der Waals surface area contributed by atoms with Gasteiger partial charge >= 0.3 is 0 Å². The Morgan fingerprint density at radius 1 is 0.681 bits per heavy atom. The number of carbonyl (C=O) groups is 14. The summed E-state index contributed by atoms with van der Waals surface area (Å²) in [6.07, 6.45) is 0.735. The van der Waals surface area contributed by atoms with Crippen molar-refractivity contribution in [2.45, 2.75) is 195 Å². The Bertz CT molecular complexity index is 2760. The molecule has 0 saturated carbocycles. The number of ether oxygens (including phenoxy) is 1. The Balaban J connectivity index is 1.66. The summed E-state index contributed by atoms with van der Waals surface area (Å²) in [6.45, 7) is 18.6. The van der Waals surface area contributed by atoms with Crippen molar-refractivity contribution >= 4 is 88.4 Å². The van der Waals surface area contributed by atoms with E-state index in [9.17, 15) is 72.2 Å². The predicted molar refractivity (Wildman–Crippen MR) is 334 cm³/mol. The van der Waals surface area contributed by atoms with Gasteiger partial charge in [-0.2, -0.15) is 0 Å². The number of imide groups is 2. The Kier molecular flexibility index (Phi) is 31.3. The largest absolute Gasteiger partial charge is 0.391 e. The molecular weight excluding hydrogens is 1180 g/mol. The first-order chi connectivity index (χ1) is 42.7. The number of nitrogens with zero attached hydrogens (tertiary/aromatic N) is 3. The number of aliphatic hydroxyl groups is 1. The van der Waals surface area contributed by atoms with Gasteiger partial charge in [-0.25, -0.2) is 0 Å². The van der Waals surface area contributed by atoms with E-state index in [0.717, 1.165) is 10.5 Å². The third kappa shape index (κ3) is 23.1. The average molecular weight is 1280 g/mol. The molecule has 29 nitrogen and oxygen atoms in total. The number of likely N-dealkylation sites (tertiary alicyclic amines) is 2. The highest BCUT2D eigenvalue weighted by atomic mass is 16.5. The fraction of sp³-hybridized carbons (Fsp3) is 0.677. The van der Waals surface area contributed by atoms with E-state index in [1.165, 1.54) is 30.7 Å². The maximum atomic E-state index is 14.3. The second-order valence-electron chi connectivity index (χ2n) is 24.6. The van der Waals surface area contributed by atoms with Gasteiger partial charge in [-0.1, -0.05) is 101 Å². The van der Waals surface area contributed by atoms with Crippen molar-refractivity contribution in [3.63, 3.8) is 0 Å². The number of carbonyl (C=O) groups excluding carboxylic acids is 14. The molecule has 0 radical (unpaired) electrons. The van der Waals surface area contributed by atoms with Crippen LogP contribution in [0, 0.1) is 23.7 Å². The Morgan fingerprint density at radius 2 is 1.23 bits per heavy atom. The number of aliphatic hydroxyl groups excluding tert-OH is 1. The summed E-state index contributed by atoms with van der Waals surface area (Å²) in [5.41, 5.74) is 6.43. The summed E-state index contributed by atoms with van der Waals surface area (Å²) < 4.78 is 5.31. The topological polar surface area (TPSA) is 412 Å². The molecule has 11 atom stereocenters. The van der Waals surface area contributed by atoms with E-state index in [0.29, 0.717) is 44.3 Å². The van der Waals surface area contributed by atoms with Gasteiger partial charge in [-0.15, -0.1) is 0 Å². The van der Waals surface area contributed by atoms with Crippen LogP contribution >= 0.6 is 0 Å². The lowest BCUT2D eigenvalue weighted by atomic mass is 9.73. The van der Waals surface area contributed by atoms with Crippen molar-refractivity contribution in [1.82, 2.24) is 57.2 Å². The molecule has 2 heterocycles. The molecule has 0 bridgehead atoms. The zero-order chi connectivity index (χ0) is 68.6. The summed E-state index contributed by atoms with van der Waals surface area (Å²) in [7, 11) is 1.41. The van der Waals surface area contributed by atoms with E-state index in [1.54, 1.807) is 79.7 Å². The second-order valence-corrected chi connectivity index (χ2v) is 24.6. The molecular formula is C62H99N13O16. The van der Waals surface area contributed by atoms with Gasteiger partial charge < -0.3 is 67.9 Å². The number of β-lactam (4-membered cyclic amide) rings is 1. The van der Waals surface area contributed by atoms with Gasteiger partial charge in [0.15, 0.2) is 0 Å². The van der Waals surface area contributed by atoms with Crippen molar-refractivity contribution in [1.29, 1.82) is 0 Å². The zero-order valence-electron chi connectivity index (χ0n) is 55.0. The first kappa shape index (κ1) is 77.3. The molecule has 3 rings (SSSR count). The molecule has 0 spiro atoms. The zero-order valence-corrected chi connectivity index (χ0v) is 55.0. The SMILES string of the molecule is CCCC(NC(=O)C(NC(=O)C(NC(=O)C(NC(=O)CNC(=O)CN(C)C(C)=O)C(C)C)C(C)CC)C(C)O)C(=O)NC(C(=O)NC(CCCN)C(=O)N1CCCC1C(=O)NC(=O)COCC(=O)Nc1ccc(C(C)(C)C(C)C(=O)N2CCC2=O)cc1)C(C)CC. The van der Waals surface area contributed by atoms with E-state index in [4.69, 9.17) is 10.5 Å². The lowest BCUT2D eigenvalue weighted by Gasteiger charge is -2.37. The molecule has 14 amide bonds. The highest BCUT2D eigenvalue weighted by Crippen LogP contribution is 2.34. The first-order valence-electron chi connectivity index (χ1n) is 31.4. The van der Waals surface area contributed by atoms with Crippen molar-refractivity contribution in [3.8, 4) is 0 Å². The summed E-state index contributed by atoms with van der Waals surface area (Å²) >= 11 is 0. The third-order valence-corrected chi connectivity index (χ3v) is 16.9. The number of anilines is 1. The number of rotatable bonds is 36. The quantitative estimate of drug-likeness (QED) is 0.0364. The summed E-state index contributed by atoms with van der Waals surface area (Å²) in [5, 5.41) is 34.0. The van der Waals surface area contributed by atoms with Crippen LogP contribution in [-0.4, -0.2) is 204 Å². The van der Waals surface area contributed by atoms with Gasteiger partial charge in [0.1, 0.15) is 55.5 Å². The molecule has 0 aliphatic carbocycles. The molecule has 0 aromatic heterocycles. The minimum Gasteiger partial charge on any atom is -0.391 e. The van der Waals surface area contributed by atoms with Crippen molar-refractivity contribution in [2.75, 3.05) is 58.3 Å². The number of hydrogen-bond donors (Lipinski definition) is 11. The van der Waals surface area contributed by atoms with Gasteiger partial charge in [0.05, 0.1) is 19.2 Å². The summed E-state index contributed by atoms with van der Waals surface area (Å²) in [4.78, 5) is 189. The number of nitrogens with two attached hydrogens (primary N) is 1. The minimum absolute atomic E-state index is 0.0335. The number of hydrogen-bond acceptors (Lipinski definition) is 17. The van der Waals surface area contributed by atoms with Crippen LogP contribution in [0.25, 0.3) is 0 Å². The standard InChI is InChI=1S/C62H99N13O16/c1-14-19-42(66-59(88)53(38(9)76)72-58(87)52(36(7)16-3)71-56(85)50(34(4)5)68-45(78)30-64-46(79)31-73(13)39(10)77)54(83)70-51(35(6)15-2)57(86)67-43(20-17-27-63)61(90)74-28-18-21-44(74)55(84)69-48(81)33-91-32-47(80)65-41-24-22-40(23-25-41)62(11,12)37(8)60(89)75-29-26-49(75)82/h22-25,34-38,42-44,50-53,76H,14-21,26-33,63H2,1-13H3,(H,64,79)(H,65,80)(H,66,88)(H,67,86)(H,68,78)(H,70,83)(H,71,85)(H,72,87)(H,69,81,84). The second kappa shape index (κ2) is 36.8. The maximum Gasteiger partial charge on any atom is 0.252 e. The van der Waals surface area contributed by atoms with Crippen molar-refractivity contribution in [3.05, 3.63) is 29.8 Å². The van der Waals surface area contributed by atoms with Gasteiger partial charge in [-0.05, 0) is 81.0 Å². The van der Waals surface area contributed by atoms with E-state index in [-0.39, 0.29) is 63.0 Å². The maximum absolute atomic E-state index is 14.3. The number of amides is 14. The minimum atomic E-state index is -1.67. The van der Waals surface area contributed by atoms with E-state index < -0.39 is 162 Å². The molecule has 2 aliphatic rings. The smallest absolute Gasteiger partial charge is 0.252 e. The fourth-order valence-electron chi connectivity index (χ4n) is 10.0. The molecule has 91 heavy (non-hydrogen) atoms. The lowest BCUT2D eigenvalue weighted by molar-refractivity contribution is -0.156. The summed E-state index contributed by atoms with van der Waals surface area (Å²) in [5.74, 6) is -11.4. The molecule has 2 fully saturated rings. The predicted octanol–water partition coefficient (Wildman–Crippen LogP) is -0.881. The van der Waals surface area contributed by atoms with Crippen LogP contribution in [0.1, 0.15) is 146 Å². The van der Waals surface area contributed by atoms with Crippen molar-refractivity contribution < 1.29 is 77.0 Å². The van der Waals surface area contributed by atoms with Crippen LogP contribution in [0.15, 0.2) is 24.3 Å². The van der Waals surface area contributed by atoms with Gasteiger partial charge in [0, 0.05) is 50.5 Å². The molecule has 29 heteroatoms. The van der Waals surface area contributed by atoms with Crippen LogP contribution in [0.4, 0.5) is 5.69 Å². The normalized spacial score (nSPS) is 17.1. The first-order valence-corrected chi connectivity index (χ1v) is 31.4. The van der Waals surface area contributed by atoms with Crippen LogP contribution in [-0.2, 0) is 77.3 Å². The van der Waals surface area contributed by atoms with Crippen LogP contribution < -0.4 is 53.6 Å². The number of benzene rings is 1. The monoisotopic (exact) mass is 1280 g/mol. The number of likely N-dealkylation sites (N-methyl/N-ethyl adjacent to an activating group) is 1. The van der Waals surface area contributed by atoms with Crippen LogP contribution in [0.2, 0.25) is 0 Å². The molecule has 1 aromatic rings. The highest BCUT2D eigenvalue weighted by molar-refractivity contribution is 6.03. The summed E-state index contributed by atoms with van der Waals surface area (Å²) in [6, 6.07) is -2.30. The molecule has 1 aromatic carbocycles. The number of nitrogens with one attached hydrogen (secondary N) is 9. The Labute approximate surface area is 533 Å². The third-order valence-electron chi connectivity index (χ3n) is 16.9. The van der Waals surface area contributed by atoms with Crippen LogP contribution in [0.5, 0.6) is 0 Å². The average Bonchev–Trinajstić information content (AvgIpc) is 1.49. The van der Waals surface area contributed by atoms with E-state index in [2.05, 4.69) is 47.9 Å². The molecule has 12 N–H and O–H groups in total. The van der Waals surface area contributed by atoms with E-state index in [1.807, 2.05) is 13.8 Å². The Hall–Kier alpha value is -7.92. The van der Waals surface area contributed by atoms with Crippen LogP contribution in [0.3, 0.4) is 0 Å². The van der Waals surface area contributed by atoms with Crippen molar-refractivity contribution in [2.24, 2.45) is 29.4 Å². The highest BCUT2D eigenvalue weighted by Gasteiger charge is 2.43.